The van der Waals surface area contributed by atoms with Crippen molar-refractivity contribution in [3.8, 4) is 0 Å². The van der Waals surface area contributed by atoms with Crippen LogP contribution in [0.2, 0.25) is 0 Å². The van der Waals surface area contributed by atoms with E-state index >= 15 is 0 Å². The number of allylic oxidation sites excluding steroid dienone is 3. The Hall–Kier alpha value is -0.860. The number of aliphatic hydroxyl groups is 2. The Kier molecular flexibility index (Phi) is 6.37. The molecule has 0 radical (unpaired) electrons. The fourth-order valence-corrected chi connectivity index (χ4v) is 6.55. The summed E-state index contributed by atoms with van der Waals surface area (Å²) in [5.41, 5.74) is 3.80. The molecule has 3 aliphatic rings. The van der Waals surface area contributed by atoms with E-state index in [2.05, 4.69) is 46.4 Å². The first kappa shape index (κ1) is 20.9. The van der Waals surface area contributed by atoms with Gasteiger partial charge in [-0.05, 0) is 86.0 Å². The SMILES string of the molecule is C=C1[C@H](O)CC(=C/C=C2\CCC[C@@]3(C)C2CCC3[C@H](C)CC(C)C)C[C@H]1O. The molecule has 3 rings (SSSR count). The van der Waals surface area contributed by atoms with Gasteiger partial charge in [-0.15, -0.1) is 0 Å². The maximum Gasteiger partial charge on any atom is 0.0809 e. The van der Waals surface area contributed by atoms with E-state index in [0.717, 1.165) is 29.2 Å². The van der Waals surface area contributed by atoms with Crippen LogP contribution >= 0.6 is 0 Å². The highest BCUT2D eigenvalue weighted by Crippen LogP contribution is 2.60. The van der Waals surface area contributed by atoms with Gasteiger partial charge in [-0.1, -0.05) is 57.6 Å². The molecule has 2 nitrogen and oxygen atoms in total. The number of aliphatic hydroxyl groups excluding tert-OH is 2. The summed E-state index contributed by atoms with van der Waals surface area (Å²) in [4.78, 5) is 0. The third kappa shape index (κ3) is 4.27. The van der Waals surface area contributed by atoms with Crippen molar-refractivity contribution < 1.29 is 10.2 Å². The second kappa shape index (κ2) is 8.25. The van der Waals surface area contributed by atoms with Crippen LogP contribution in [0.15, 0.2) is 35.5 Å². The van der Waals surface area contributed by atoms with E-state index < -0.39 is 12.2 Å². The monoisotopic (exact) mass is 372 g/mol. The van der Waals surface area contributed by atoms with Crippen LogP contribution in [-0.2, 0) is 0 Å². The van der Waals surface area contributed by atoms with E-state index in [1.165, 1.54) is 38.5 Å². The summed E-state index contributed by atoms with van der Waals surface area (Å²) in [6.07, 6.45) is 12.5. The van der Waals surface area contributed by atoms with Gasteiger partial charge in [0.1, 0.15) is 0 Å². The van der Waals surface area contributed by atoms with Crippen LogP contribution in [0.3, 0.4) is 0 Å². The predicted octanol–water partition coefficient (Wildman–Crippen LogP) is 5.81. The molecule has 27 heavy (non-hydrogen) atoms. The van der Waals surface area contributed by atoms with Gasteiger partial charge in [0.2, 0.25) is 0 Å². The Labute approximate surface area is 166 Å². The molecule has 3 aliphatic carbocycles. The second-order valence-electron chi connectivity index (χ2n) is 10.3. The van der Waals surface area contributed by atoms with Gasteiger partial charge < -0.3 is 10.2 Å². The van der Waals surface area contributed by atoms with Gasteiger partial charge >= 0.3 is 0 Å². The Morgan fingerprint density at radius 3 is 2.41 bits per heavy atom. The first-order valence-corrected chi connectivity index (χ1v) is 11.2. The minimum atomic E-state index is -0.595. The van der Waals surface area contributed by atoms with Crippen LogP contribution in [0.5, 0.6) is 0 Å². The molecule has 0 aromatic heterocycles. The Morgan fingerprint density at radius 1 is 1.11 bits per heavy atom. The largest absolute Gasteiger partial charge is 0.388 e. The zero-order valence-electron chi connectivity index (χ0n) is 17.9. The molecule has 0 spiro atoms. The van der Waals surface area contributed by atoms with Gasteiger partial charge in [0.15, 0.2) is 0 Å². The van der Waals surface area contributed by atoms with Crippen LogP contribution in [0.1, 0.15) is 79.1 Å². The van der Waals surface area contributed by atoms with E-state index in [4.69, 9.17) is 0 Å². The number of fused-ring (bicyclic) bond motifs is 1. The highest BCUT2D eigenvalue weighted by Gasteiger charge is 2.50. The van der Waals surface area contributed by atoms with Gasteiger partial charge in [0.05, 0.1) is 12.2 Å². The Morgan fingerprint density at radius 2 is 1.78 bits per heavy atom. The lowest BCUT2D eigenvalue weighted by Crippen LogP contribution is -2.36. The summed E-state index contributed by atoms with van der Waals surface area (Å²) in [6, 6.07) is 0. The van der Waals surface area contributed by atoms with Gasteiger partial charge in [0, 0.05) is 0 Å². The van der Waals surface area contributed by atoms with Crippen molar-refractivity contribution in [3.05, 3.63) is 35.5 Å². The third-order valence-electron chi connectivity index (χ3n) is 7.87. The van der Waals surface area contributed by atoms with Crippen molar-refractivity contribution >= 4 is 0 Å². The maximum atomic E-state index is 10.1. The zero-order valence-corrected chi connectivity index (χ0v) is 17.9. The quantitative estimate of drug-likeness (QED) is 0.611. The minimum absolute atomic E-state index is 0.455. The molecule has 2 unspecified atom stereocenters. The topological polar surface area (TPSA) is 40.5 Å². The Bertz CT molecular complexity index is 598. The first-order chi connectivity index (χ1) is 12.7. The van der Waals surface area contributed by atoms with Crippen molar-refractivity contribution in [1.82, 2.24) is 0 Å². The summed E-state index contributed by atoms with van der Waals surface area (Å²) < 4.78 is 0. The molecular formula is C25H40O2. The van der Waals surface area contributed by atoms with Crippen LogP contribution in [-0.4, -0.2) is 22.4 Å². The molecule has 2 N–H and O–H groups in total. The number of rotatable bonds is 4. The molecule has 6 atom stereocenters. The van der Waals surface area contributed by atoms with E-state index in [9.17, 15) is 10.2 Å². The molecule has 3 fully saturated rings. The smallest absolute Gasteiger partial charge is 0.0809 e. The molecule has 0 aromatic rings. The predicted molar refractivity (Wildman–Crippen MR) is 113 cm³/mol. The lowest BCUT2D eigenvalue weighted by Gasteiger charge is -2.44. The fourth-order valence-electron chi connectivity index (χ4n) is 6.55. The van der Waals surface area contributed by atoms with Crippen molar-refractivity contribution in [2.45, 2.75) is 91.3 Å². The maximum absolute atomic E-state index is 10.1. The van der Waals surface area contributed by atoms with Crippen LogP contribution in [0.25, 0.3) is 0 Å². The molecule has 0 saturated heterocycles. The summed E-state index contributed by atoms with van der Waals surface area (Å²) in [5.74, 6) is 3.16. The normalized spacial score (nSPS) is 39.7. The summed E-state index contributed by atoms with van der Waals surface area (Å²) >= 11 is 0. The minimum Gasteiger partial charge on any atom is -0.388 e. The van der Waals surface area contributed by atoms with Crippen LogP contribution in [0, 0.1) is 29.1 Å². The average molecular weight is 373 g/mol. The van der Waals surface area contributed by atoms with Crippen molar-refractivity contribution in [3.63, 3.8) is 0 Å². The zero-order chi connectivity index (χ0) is 19.8. The molecule has 0 heterocycles. The van der Waals surface area contributed by atoms with E-state index in [0.29, 0.717) is 23.8 Å². The number of hydrogen-bond donors (Lipinski definition) is 2. The fraction of sp³-hybridized carbons (Fsp3) is 0.760. The van der Waals surface area contributed by atoms with Gasteiger partial charge in [-0.2, -0.15) is 0 Å². The molecule has 0 aromatic carbocycles. The summed E-state index contributed by atoms with van der Waals surface area (Å²) in [5, 5.41) is 20.2. The van der Waals surface area contributed by atoms with E-state index in [-0.39, 0.29) is 0 Å². The molecule has 3 saturated carbocycles. The standard InChI is InChI=1S/C25H40O2/c1-16(2)13-17(3)21-10-11-22-20(7-6-12-25(21,22)5)9-8-19-14-23(26)18(4)24(27)15-19/h8-9,16-17,21-24,26-27H,4,6-7,10-15H2,1-3,5H3/b20-9+/t17-,21?,22?,23-,24-,25-/m1/s1. The van der Waals surface area contributed by atoms with E-state index in [1.807, 2.05) is 0 Å². The number of hydrogen-bond acceptors (Lipinski definition) is 2. The van der Waals surface area contributed by atoms with Gasteiger partial charge in [-0.3, -0.25) is 0 Å². The summed E-state index contributed by atoms with van der Waals surface area (Å²) in [7, 11) is 0. The van der Waals surface area contributed by atoms with Crippen LogP contribution < -0.4 is 0 Å². The molecule has 0 amide bonds. The summed E-state index contributed by atoms with van der Waals surface area (Å²) in [6.45, 7) is 13.6. The van der Waals surface area contributed by atoms with Crippen molar-refractivity contribution in [1.29, 1.82) is 0 Å². The molecular weight excluding hydrogens is 332 g/mol. The lowest BCUT2D eigenvalue weighted by molar-refractivity contribution is 0.0893. The van der Waals surface area contributed by atoms with Gasteiger partial charge in [0.25, 0.3) is 0 Å². The van der Waals surface area contributed by atoms with E-state index in [1.54, 1.807) is 5.57 Å². The molecule has 152 valence electrons. The van der Waals surface area contributed by atoms with Gasteiger partial charge in [-0.25, -0.2) is 0 Å². The average Bonchev–Trinajstić information content (AvgIpc) is 2.94. The molecule has 2 heteroatoms. The molecule has 0 bridgehead atoms. The highest BCUT2D eigenvalue weighted by molar-refractivity contribution is 5.29. The van der Waals surface area contributed by atoms with Crippen molar-refractivity contribution in [2.24, 2.45) is 29.1 Å². The lowest BCUT2D eigenvalue weighted by atomic mass is 9.60. The Balaban J connectivity index is 1.76. The van der Waals surface area contributed by atoms with Crippen molar-refractivity contribution in [2.75, 3.05) is 0 Å². The second-order valence-corrected chi connectivity index (χ2v) is 10.3. The van der Waals surface area contributed by atoms with Crippen LogP contribution in [0.4, 0.5) is 0 Å². The highest BCUT2D eigenvalue weighted by atomic mass is 16.3. The first-order valence-electron chi connectivity index (χ1n) is 11.2. The third-order valence-corrected chi connectivity index (χ3v) is 7.87. The molecule has 0 aliphatic heterocycles.